The third-order valence-corrected chi connectivity index (χ3v) is 2.71. The molecule has 2 rings (SSSR count). The van der Waals surface area contributed by atoms with Crippen LogP contribution in [0.2, 0.25) is 0 Å². The second kappa shape index (κ2) is 4.85. The van der Waals surface area contributed by atoms with E-state index < -0.39 is 5.97 Å². The number of benzene rings is 1. The number of nitrogens with one attached hydrogen (secondary N) is 1. The zero-order chi connectivity index (χ0) is 13.1. The fraction of sp³-hybridized carbons (Fsp3) is 0.0833. The van der Waals surface area contributed by atoms with Crippen molar-refractivity contribution in [1.82, 2.24) is 9.55 Å². The van der Waals surface area contributed by atoms with Crippen LogP contribution < -0.4 is 0 Å². The molecule has 18 heavy (non-hydrogen) atoms. The Labute approximate surface area is 108 Å². The van der Waals surface area contributed by atoms with Crippen LogP contribution in [-0.2, 0) is 9.53 Å². The van der Waals surface area contributed by atoms with Gasteiger partial charge in [-0.25, -0.2) is 4.79 Å². The second-order valence-corrected chi connectivity index (χ2v) is 3.85. The van der Waals surface area contributed by atoms with Crippen LogP contribution in [0.3, 0.4) is 0 Å². The van der Waals surface area contributed by atoms with E-state index in [-0.39, 0.29) is 5.57 Å². The summed E-state index contributed by atoms with van der Waals surface area (Å²) < 4.78 is 6.50. The molecule has 0 amide bonds. The summed E-state index contributed by atoms with van der Waals surface area (Å²) in [7, 11) is 1.22. The fourth-order valence-electron chi connectivity index (χ4n) is 1.57. The van der Waals surface area contributed by atoms with Gasteiger partial charge in [0.25, 0.3) is 0 Å². The lowest BCUT2D eigenvalue weighted by atomic mass is 10.3. The lowest BCUT2D eigenvalue weighted by Gasteiger charge is -1.99. The van der Waals surface area contributed by atoms with Gasteiger partial charge in [0.1, 0.15) is 6.07 Å². The van der Waals surface area contributed by atoms with Gasteiger partial charge in [-0.3, -0.25) is 4.57 Å². The number of hydrogen-bond donors (Lipinski definition) is 1. The topological polar surface area (TPSA) is 70.8 Å². The predicted octanol–water partition coefficient (Wildman–Crippen LogP) is 2.24. The smallest absolute Gasteiger partial charge is 0.350 e. The van der Waals surface area contributed by atoms with Gasteiger partial charge in [-0.05, 0) is 24.4 Å². The Hall–Kier alpha value is -2.39. The summed E-state index contributed by atoms with van der Waals surface area (Å²) in [5.74, 6) is -0.690. The van der Waals surface area contributed by atoms with Gasteiger partial charge in [0.05, 0.1) is 18.1 Å². The minimum Gasteiger partial charge on any atom is -0.465 e. The lowest BCUT2D eigenvalue weighted by Crippen LogP contribution is -2.04. The van der Waals surface area contributed by atoms with Crippen molar-refractivity contribution in [3.8, 4) is 6.07 Å². The SMILES string of the molecule is COC(=O)/C(C#N)=C\n1c(=S)[nH]c2ccccc21. The molecular formula is C12H9N3O2S. The molecule has 0 aliphatic heterocycles. The van der Waals surface area contributed by atoms with Crippen molar-refractivity contribution in [3.63, 3.8) is 0 Å². The van der Waals surface area contributed by atoms with Gasteiger partial charge in [0.2, 0.25) is 0 Å². The maximum Gasteiger partial charge on any atom is 0.350 e. The molecule has 0 fully saturated rings. The number of carbonyl (C=O) groups is 1. The standard InChI is InChI=1S/C12H9N3O2S/c1-17-11(16)8(6-13)7-15-10-5-3-2-4-9(10)14-12(15)18/h2-5,7H,1H3,(H,14,18)/b8-7-. The number of imidazole rings is 1. The maximum absolute atomic E-state index is 11.3. The molecule has 0 spiro atoms. The molecule has 5 nitrogen and oxygen atoms in total. The molecule has 2 aromatic rings. The summed E-state index contributed by atoms with van der Waals surface area (Å²) in [6.07, 6.45) is 1.37. The van der Waals surface area contributed by atoms with Crippen LogP contribution in [0.25, 0.3) is 17.2 Å². The Bertz CT molecular complexity index is 734. The average molecular weight is 259 g/mol. The molecule has 0 radical (unpaired) electrons. The number of carbonyl (C=O) groups excluding carboxylic acids is 1. The highest BCUT2D eigenvalue weighted by atomic mass is 32.1. The molecule has 90 valence electrons. The van der Waals surface area contributed by atoms with E-state index in [0.717, 1.165) is 11.0 Å². The number of methoxy groups -OCH3 is 1. The van der Waals surface area contributed by atoms with Crippen LogP contribution >= 0.6 is 12.2 Å². The first-order valence-electron chi connectivity index (χ1n) is 5.07. The quantitative estimate of drug-likeness (QED) is 0.388. The molecule has 6 heteroatoms. The molecule has 1 N–H and O–H groups in total. The number of aromatic nitrogens is 2. The summed E-state index contributed by atoms with van der Waals surface area (Å²) in [4.78, 5) is 14.3. The van der Waals surface area contributed by atoms with E-state index >= 15 is 0 Å². The van der Waals surface area contributed by atoms with E-state index in [1.165, 1.54) is 13.3 Å². The van der Waals surface area contributed by atoms with Crippen molar-refractivity contribution >= 4 is 35.4 Å². The molecule has 0 bridgehead atoms. The van der Waals surface area contributed by atoms with Crippen molar-refractivity contribution < 1.29 is 9.53 Å². The predicted molar refractivity (Wildman–Crippen MR) is 69.0 cm³/mol. The number of nitrogens with zero attached hydrogens (tertiary/aromatic N) is 2. The molecule has 1 heterocycles. The van der Waals surface area contributed by atoms with Gasteiger partial charge in [-0.1, -0.05) is 12.1 Å². The molecule has 0 saturated heterocycles. The summed E-state index contributed by atoms with van der Waals surface area (Å²) in [5.41, 5.74) is 1.51. The summed E-state index contributed by atoms with van der Waals surface area (Å²) in [6, 6.07) is 9.20. The van der Waals surface area contributed by atoms with E-state index in [9.17, 15) is 4.79 Å². The van der Waals surface area contributed by atoms with E-state index in [1.807, 2.05) is 24.3 Å². The number of H-pyrrole nitrogens is 1. The minimum atomic E-state index is -0.690. The number of rotatable bonds is 2. The highest BCUT2D eigenvalue weighted by Gasteiger charge is 2.10. The summed E-state index contributed by atoms with van der Waals surface area (Å²) in [6.45, 7) is 0. The van der Waals surface area contributed by atoms with E-state index in [2.05, 4.69) is 9.72 Å². The first kappa shape index (κ1) is 12.1. The molecule has 0 unspecified atom stereocenters. The third kappa shape index (κ3) is 2.04. The van der Waals surface area contributed by atoms with E-state index in [1.54, 1.807) is 10.6 Å². The second-order valence-electron chi connectivity index (χ2n) is 3.46. The van der Waals surface area contributed by atoms with Crippen molar-refractivity contribution in [2.45, 2.75) is 0 Å². The largest absolute Gasteiger partial charge is 0.465 e. The highest BCUT2D eigenvalue weighted by molar-refractivity contribution is 7.71. The van der Waals surface area contributed by atoms with Crippen molar-refractivity contribution in [1.29, 1.82) is 5.26 Å². The zero-order valence-electron chi connectivity index (χ0n) is 9.51. The first-order chi connectivity index (χ1) is 8.67. The number of nitriles is 1. The van der Waals surface area contributed by atoms with Crippen LogP contribution in [0, 0.1) is 16.1 Å². The Morgan fingerprint density at radius 3 is 2.94 bits per heavy atom. The number of aromatic amines is 1. The molecule has 0 aliphatic carbocycles. The van der Waals surface area contributed by atoms with E-state index in [0.29, 0.717) is 4.77 Å². The molecule has 0 atom stereocenters. The van der Waals surface area contributed by atoms with Crippen LogP contribution in [-0.4, -0.2) is 22.6 Å². The minimum absolute atomic E-state index is 0.113. The van der Waals surface area contributed by atoms with Crippen LogP contribution in [0.15, 0.2) is 29.8 Å². The zero-order valence-corrected chi connectivity index (χ0v) is 10.3. The Morgan fingerprint density at radius 2 is 2.28 bits per heavy atom. The van der Waals surface area contributed by atoms with Gasteiger partial charge in [-0.15, -0.1) is 0 Å². The summed E-state index contributed by atoms with van der Waals surface area (Å²) >= 11 is 5.14. The van der Waals surface area contributed by atoms with Crippen LogP contribution in [0.5, 0.6) is 0 Å². The number of fused-ring (bicyclic) bond motifs is 1. The Balaban J connectivity index is 2.65. The van der Waals surface area contributed by atoms with Gasteiger partial charge < -0.3 is 9.72 Å². The van der Waals surface area contributed by atoms with Crippen molar-refractivity contribution in [2.75, 3.05) is 7.11 Å². The average Bonchev–Trinajstić information content (AvgIpc) is 2.71. The first-order valence-corrected chi connectivity index (χ1v) is 5.47. The monoisotopic (exact) mass is 259 g/mol. The number of para-hydroxylation sites is 2. The van der Waals surface area contributed by atoms with Crippen molar-refractivity contribution in [3.05, 3.63) is 34.6 Å². The van der Waals surface area contributed by atoms with Crippen LogP contribution in [0.1, 0.15) is 0 Å². The van der Waals surface area contributed by atoms with Crippen molar-refractivity contribution in [2.24, 2.45) is 0 Å². The number of hydrogen-bond acceptors (Lipinski definition) is 4. The molecular weight excluding hydrogens is 250 g/mol. The van der Waals surface area contributed by atoms with Gasteiger partial charge in [0, 0.05) is 6.20 Å². The Kier molecular flexibility index (Phi) is 3.26. The third-order valence-electron chi connectivity index (χ3n) is 2.41. The van der Waals surface area contributed by atoms with Gasteiger partial charge in [0.15, 0.2) is 10.3 Å². The normalized spacial score (nSPS) is 11.2. The molecule has 1 aromatic carbocycles. The van der Waals surface area contributed by atoms with E-state index in [4.69, 9.17) is 17.5 Å². The van der Waals surface area contributed by atoms with Gasteiger partial charge >= 0.3 is 5.97 Å². The number of ether oxygens (including phenoxy) is 1. The highest BCUT2D eigenvalue weighted by Crippen LogP contribution is 2.15. The molecule has 0 saturated carbocycles. The molecule has 0 aliphatic rings. The summed E-state index contributed by atoms with van der Waals surface area (Å²) in [5, 5.41) is 8.91. The fourth-order valence-corrected chi connectivity index (χ4v) is 1.83. The maximum atomic E-state index is 11.3. The Morgan fingerprint density at radius 1 is 1.56 bits per heavy atom. The lowest BCUT2D eigenvalue weighted by molar-refractivity contribution is -0.135. The number of esters is 1. The van der Waals surface area contributed by atoms with Gasteiger partial charge in [-0.2, -0.15) is 5.26 Å². The van der Waals surface area contributed by atoms with Crippen LogP contribution in [0.4, 0.5) is 0 Å². The molecule has 1 aromatic heterocycles.